The molecule has 3 N–H and O–H groups in total. The third-order valence-electron chi connectivity index (χ3n) is 3.88. The van der Waals surface area contributed by atoms with Gasteiger partial charge >= 0.3 is 11.8 Å². The number of rotatable bonds is 5. The van der Waals surface area contributed by atoms with E-state index in [0.717, 1.165) is 30.6 Å². The molecule has 1 aliphatic carbocycles. The van der Waals surface area contributed by atoms with Gasteiger partial charge in [-0.05, 0) is 30.2 Å². The van der Waals surface area contributed by atoms with Crippen LogP contribution in [0.15, 0.2) is 17.5 Å². The van der Waals surface area contributed by atoms with Crippen molar-refractivity contribution in [2.75, 3.05) is 6.54 Å². The number of nitrogens with one attached hydrogen (secondary N) is 2. The average Bonchev–Trinajstić information content (AvgIpc) is 3.04. The van der Waals surface area contributed by atoms with Crippen molar-refractivity contribution in [1.82, 2.24) is 10.6 Å². The van der Waals surface area contributed by atoms with Gasteiger partial charge in [-0.2, -0.15) is 0 Å². The summed E-state index contributed by atoms with van der Waals surface area (Å²) < 4.78 is 0. The van der Waals surface area contributed by atoms with E-state index in [2.05, 4.69) is 10.6 Å². The van der Waals surface area contributed by atoms with E-state index in [4.69, 9.17) is 0 Å². The highest BCUT2D eigenvalue weighted by atomic mass is 32.1. The summed E-state index contributed by atoms with van der Waals surface area (Å²) in [5, 5.41) is 17.0. The summed E-state index contributed by atoms with van der Waals surface area (Å²) in [6.07, 6.45) is 4.94. The lowest BCUT2D eigenvalue weighted by Gasteiger charge is -2.26. The summed E-state index contributed by atoms with van der Waals surface area (Å²) in [6.45, 7) is 0.505. The van der Waals surface area contributed by atoms with Crippen LogP contribution in [0.4, 0.5) is 0 Å². The molecule has 6 heteroatoms. The van der Waals surface area contributed by atoms with Crippen LogP contribution in [0, 0.1) is 5.92 Å². The second kappa shape index (κ2) is 8.14. The molecule has 0 saturated heterocycles. The summed E-state index contributed by atoms with van der Waals surface area (Å²) >= 11 is 1.53. The fraction of sp³-hybridized carbons (Fsp3) is 0.600. The fourth-order valence-electron chi connectivity index (χ4n) is 2.62. The van der Waals surface area contributed by atoms with E-state index < -0.39 is 17.9 Å². The first-order chi connectivity index (χ1) is 10.2. The summed E-state index contributed by atoms with van der Waals surface area (Å²) in [6, 6.07) is 3.79. The Labute approximate surface area is 128 Å². The number of aliphatic hydroxyl groups is 1. The second-order valence-electron chi connectivity index (χ2n) is 5.44. The van der Waals surface area contributed by atoms with Gasteiger partial charge in [0.15, 0.2) is 0 Å². The summed E-state index contributed by atoms with van der Waals surface area (Å²) in [7, 11) is 0. The Morgan fingerprint density at radius 2 is 1.95 bits per heavy atom. The molecule has 0 spiro atoms. The molecule has 1 fully saturated rings. The van der Waals surface area contributed by atoms with Crippen LogP contribution >= 0.6 is 11.3 Å². The predicted octanol–water partition coefficient (Wildman–Crippen LogP) is 1.42. The minimum absolute atomic E-state index is 0.149. The molecule has 1 aliphatic rings. The zero-order valence-electron chi connectivity index (χ0n) is 12.0. The Morgan fingerprint density at radius 3 is 2.62 bits per heavy atom. The Kier molecular flexibility index (Phi) is 6.20. The number of carbonyl (C=O) groups is 2. The first-order valence-electron chi connectivity index (χ1n) is 7.43. The van der Waals surface area contributed by atoms with E-state index in [1.165, 1.54) is 17.8 Å². The maximum atomic E-state index is 11.7. The lowest BCUT2D eigenvalue weighted by Crippen LogP contribution is -2.44. The fourth-order valence-corrected chi connectivity index (χ4v) is 3.27. The first-order valence-corrected chi connectivity index (χ1v) is 8.31. The van der Waals surface area contributed by atoms with E-state index in [9.17, 15) is 14.7 Å². The Morgan fingerprint density at radius 1 is 1.24 bits per heavy atom. The van der Waals surface area contributed by atoms with Crippen LogP contribution in [-0.4, -0.2) is 29.6 Å². The molecule has 21 heavy (non-hydrogen) atoms. The van der Waals surface area contributed by atoms with Crippen LogP contribution < -0.4 is 10.6 Å². The maximum absolute atomic E-state index is 11.7. The van der Waals surface area contributed by atoms with Gasteiger partial charge in [-0.1, -0.05) is 25.3 Å². The number of aliphatic hydroxyl groups excluding tert-OH is 1. The van der Waals surface area contributed by atoms with Gasteiger partial charge < -0.3 is 15.7 Å². The number of thiophene rings is 1. The third-order valence-corrected chi connectivity index (χ3v) is 4.75. The molecule has 116 valence electrons. The lowest BCUT2D eigenvalue weighted by molar-refractivity contribution is -0.139. The molecule has 1 heterocycles. The van der Waals surface area contributed by atoms with Crippen molar-refractivity contribution >= 4 is 23.2 Å². The van der Waals surface area contributed by atoms with Gasteiger partial charge in [0, 0.05) is 11.4 Å². The van der Waals surface area contributed by atoms with Crippen molar-refractivity contribution < 1.29 is 14.7 Å². The molecule has 5 nitrogen and oxygen atoms in total. The normalized spacial score (nSPS) is 17.2. The van der Waals surface area contributed by atoms with Gasteiger partial charge in [-0.15, -0.1) is 11.3 Å². The van der Waals surface area contributed by atoms with Gasteiger partial charge in [0.05, 0.1) is 12.6 Å². The van der Waals surface area contributed by atoms with Crippen LogP contribution in [0.1, 0.15) is 37.0 Å². The molecular weight excluding hydrogens is 288 g/mol. The van der Waals surface area contributed by atoms with E-state index >= 15 is 0 Å². The van der Waals surface area contributed by atoms with Crippen LogP contribution in [0.25, 0.3) is 0 Å². The lowest BCUT2D eigenvalue weighted by atomic mass is 9.85. The number of amides is 2. The Hall–Kier alpha value is -1.40. The van der Waals surface area contributed by atoms with Crippen molar-refractivity contribution in [2.24, 2.45) is 5.92 Å². The van der Waals surface area contributed by atoms with E-state index in [1.807, 2.05) is 17.5 Å². The summed E-state index contributed by atoms with van der Waals surface area (Å²) in [5.74, 6) is -1.09. The topological polar surface area (TPSA) is 78.4 Å². The average molecular weight is 310 g/mol. The van der Waals surface area contributed by atoms with E-state index in [0.29, 0.717) is 6.54 Å². The van der Waals surface area contributed by atoms with Crippen molar-refractivity contribution in [3.8, 4) is 0 Å². The minimum Gasteiger partial charge on any atom is -0.391 e. The highest BCUT2D eigenvalue weighted by molar-refractivity contribution is 7.09. The molecule has 0 aliphatic heterocycles. The van der Waals surface area contributed by atoms with E-state index in [1.54, 1.807) is 0 Å². The largest absolute Gasteiger partial charge is 0.391 e. The highest BCUT2D eigenvalue weighted by Gasteiger charge is 2.23. The SMILES string of the molecule is O=C(NCc1cccs1)C(=O)NCC(O)C1CCCCC1. The van der Waals surface area contributed by atoms with Crippen LogP contribution in [-0.2, 0) is 16.1 Å². The molecule has 0 bridgehead atoms. The molecule has 1 aromatic rings. The molecule has 0 radical (unpaired) electrons. The molecule has 2 amide bonds. The summed E-state index contributed by atoms with van der Waals surface area (Å²) in [5.41, 5.74) is 0. The predicted molar refractivity (Wildman–Crippen MR) is 81.8 cm³/mol. The number of carbonyl (C=O) groups excluding carboxylic acids is 2. The van der Waals surface area contributed by atoms with E-state index in [-0.39, 0.29) is 12.5 Å². The minimum atomic E-state index is -0.679. The Balaban J connectivity index is 1.66. The van der Waals surface area contributed by atoms with Crippen LogP contribution in [0.3, 0.4) is 0 Å². The molecule has 1 atom stereocenters. The molecule has 2 rings (SSSR count). The molecule has 1 aromatic heterocycles. The standard InChI is InChI=1S/C15H22N2O3S/c18-13(11-5-2-1-3-6-11)10-17-15(20)14(19)16-9-12-7-4-8-21-12/h4,7-8,11,13,18H,1-3,5-6,9-10H2,(H,16,19)(H,17,20). The van der Waals surface area contributed by atoms with Gasteiger partial charge in [0.25, 0.3) is 0 Å². The zero-order chi connectivity index (χ0) is 15.1. The van der Waals surface area contributed by atoms with Gasteiger partial charge in [0.1, 0.15) is 0 Å². The maximum Gasteiger partial charge on any atom is 0.309 e. The monoisotopic (exact) mass is 310 g/mol. The number of hydrogen-bond donors (Lipinski definition) is 3. The van der Waals surface area contributed by atoms with Gasteiger partial charge in [-0.25, -0.2) is 0 Å². The summed E-state index contributed by atoms with van der Waals surface area (Å²) in [4.78, 5) is 24.3. The van der Waals surface area contributed by atoms with Crippen LogP contribution in [0.2, 0.25) is 0 Å². The quantitative estimate of drug-likeness (QED) is 0.720. The molecule has 0 aromatic carbocycles. The molecule has 1 unspecified atom stereocenters. The van der Waals surface area contributed by atoms with Gasteiger partial charge in [-0.3, -0.25) is 9.59 Å². The molecule has 1 saturated carbocycles. The Bertz CT molecular complexity index is 455. The first kappa shape index (κ1) is 16.0. The smallest absolute Gasteiger partial charge is 0.309 e. The highest BCUT2D eigenvalue weighted by Crippen LogP contribution is 2.26. The molecular formula is C15H22N2O3S. The van der Waals surface area contributed by atoms with Crippen LogP contribution in [0.5, 0.6) is 0 Å². The van der Waals surface area contributed by atoms with Crippen molar-refractivity contribution in [2.45, 2.75) is 44.8 Å². The van der Waals surface area contributed by atoms with Gasteiger partial charge in [0.2, 0.25) is 0 Å². The number of hydrogen-bond acceptors (Lipinski definition) is 4. The van der Waals surface area contributed by atoms with Crippen molar-refractivity contribution in [1.29, 1.82) is 0 Å². The van der Waals surface area contributed by atoms with Crippen molar-refractivity contribution in [3.05, 3.63) is 22.4 Å². The second-order valence-corrected chi connectivity index (χ2v) is 6.47. The third kappa shape index (κ3) is 5.13. The zero-order valence-corrected chi connectivity index (χ0v) is 12.8. The van der Waals surface area contributed by atoms with Crippen molar-refractivity contribution in [3.63, 3.8) is 0 Å².